The van der Waals surface area contributed by atoms with Gasteiger partial charge in [-0.25, -0.2) is 13.2 Å². The summed E-state index contributed by atoms with van der Waals surface area (Å²) in [5.41, 5.74) is 1.72. The van der Waals surface area contributed by atoms with E-state index in [-0.39, 0.29) is 83.0 Å². The van der Waals surface area contributed by atoms with Crippen LogP contribution in [0.2, 0.25) is 0 Å². The van der Waals surface area contributed by atoms with Crippen LogP contribution in [0.15, 0.2) is 18.2 Å². The van der Waals surface area contributed by atoms with E-state index in [0.29, 0.717) is 30.4 Å². The summed E-state index contributed by atoms with van der Waals surface area (Å²) in [6, 6.07) is 4.02. The number of aromatic nitrogens is 2. The zero-order valence-electron chi connectivity index (χ0n) is 24.9. The Balaban J connectivity index is 1.46. The van der Waals surface area contributed by atoms with Gasteiger partial charge in [-0.2, -0.15) is 28.4 Å². The Labute approximate surface area is 268 Å². The third kappa shape index (κ3) is 5.07. The molecule has 0 aliphatic carbocycles. The first-order valence-electron chi connectivity index (χ1n) is 14.8. The van der Waals surface area contributed by atoms with Gasteiger partial charge in [0.05, 0.1) is 27.9 Å². The summed E-state index contributed by atoms with van der Waals surface area (Å²) in [5, 5.41) is 9.05. The second-order valence-electron chi connectivity index (χ2n) is 12.2. The SMILES string of the molecule is CN1CCN(c2nc(OCC34CCCN3CC(F)C4)nc3c(F)c(-c4ccc(F)c5sc(N)c(C#N)c45)c(C(F)(F)F)cc23)CC1=O. The molecular weight excluding hydrogens is 648 g/mol. The van der Waals surface area contributed by atoms with E-state index in [0.717, 1.165) is 18.6 Å². The summed E-state index contributed by atoms with van der Waals surface area (Å²) in [6.45, 7) is 1.06. The molecule has 3 aliphatic rings. The molecule has 2 unspecified atom stereocenters. The Morgan fingerprint density at radius 3 is 2.72 bits per heavy atom. The largest absolute Gasteiger partial charge is 0.461 e. The van der Waals surface area contributed by atoms with Gasteiger partial charge < -0.3 is 20.3 Å². The number of carbonyl (C=O) groups is 1. The molecule has 4 aromatic rings. The van der Waals surface area contributed by atoms with E-state index in [1.807, 2.05) is 4.90 Å². The Morgan fingerprint density at radius 2 is 2.00 bits per heavy atom. The molecule has 2 N–H and O–H groups in total. The van der Waals surface area contributed by atoms with E-state index < -0.39 is 51.7 Å². The van der Waals surface area contributed by atoms with Gasteiger partial charge in [-0.05, 0) is 37.1 Å². The second kappa shape index (κ2) is 11.1. The number of halogens is 6. The van der Waals surface area contributed by atoms with Crippen LogP contribution in [0.25, 0.3) is 32.1 Å². The summed E-state index contributed by atoms with van der Waals surface area (Å²) in [5.74, 6) is -2.71. The van der Waals surface area contributed by atoms with E-state index in [9.17, 15) is 32.0 Å². The molecule has 0 spiro atoms. The normalized spacial score (nSPS) is 22.0. The number of nitrogens with two attached hydrogens (primary N) is 1. The number of hydrogen-bond donors (Lipinski definition) is 1. The van der Waals surface area contributed by atoms with Crippen molar-refractivity contribution in [1.82, 2.24) is 19.8 Å². The van der Waals surface area contributed by atoms with Crippen LogP contribution < -0.4 is 15.4 Å². The number of benzene rings is 2. The average molecular weight is 676 g/mol. The number of anilines is 2. The van der Waals surface area contributed by atoms with Crippen molar-refractivity contribution in [2.24, 2.45) is 0 Å². The molecule has 1 amide bonds. The number of ether oxygens (including phenoxy) is 1. The predicted octanol–water partition coefficient (Wildman–Crippen LogP) is 5.50. The Morgan fingerprint density at radius 1 is 1.21 bits per heavy atom. The summed E-state index contributed by atoms with van der Waals surface area (Å²) in [7, 11) is 1.59. The fraction of sp³-hybridized carbons (Fsp3) is 0.419. The number of thiophene rings is 1. The molecule has 2 aromatic heterocycles. The van der Waals surface area contributed by atoms with Crippen LogP contribution in [-0.4, -0.2) is 83.8 Å². The first-order valence-corrected chi connectivity index (χ1v) is 15.7. The third-order valence-corrected chi connectivity index (χ3v) is 10.4. The van der Waals surface area contributed by atoms with Crippen molar-refractivity contribution >= 4 is 49.1 Å². The Kier molecular flexibility index (Phi) is 7.39. The van der Waals surface area contributed by atoms with Gasteiger partial charge in [0.2, 0.25) is 5.91 Å². The second-order valence-corrected chi connectivity index (χ2v) is 13.2. The van der Waals surface area contributed by atoms with Gasteiger partial charge >= 0.3 is 12.2 Å². The Bertz CT molecular complexity index is 2000. The topological polar surface area (TPSA) is 112 Å². The van der Waals surface area contributed by atoms with Crippen LogP contribution in [0, 0.1) is 23.0 Å². The monoisotopic (exact) mass is 675 g/mol. The summed E-state index contributed by atoms with van der Waals surface area (Å²) in [4.78, 5) is 26.2. The number of hydrogen-bond acceptors (Lipinski definition) is 9. The highest BCUT2D eigenvalue weighted by atomic mass is 32.1. The summed E-state index contributed by atoms with van der Waals surface area (Å²) >= 11 is 0.669. The maximum absolute atomic E-state index is 16.9. The molecule has 2 aromatic carbocycles. The lowest BCUT2D eigenvalue weighted by molar-refractivity contribution is -0.137. The maximum Gasteiger partial charge on any atom is 0.417 e. The predicted molar refractivity (Wildman–Crippen MR) is 163 cm³/mol. The standard InChI is InChI=1S/C31H27F6N7O2S/c1-42-7-8-43(13-21(42)45)28-17-9-19(31(35,36)37)23(16-3-4-20(33)26-22(16)18(11-38)27(39)47-26)24(34)25(17)40-29(41-28)46-14-30-5-2-6-44(30)12-15(32)10-30/h3-4,9,15H,2,5-8,10,12-14,39H2,1H3. The van der Waals surface area contributed by atoms with Crippen molar-refractivity contribution in [3.05, 3.63) is 41.0 Å². The van der Waals surface area contributed by atoms with Crippen LogP contribution in [0.4, 0.5) is 37.2 Å². The molecular formula is C31H27F6N7O2S. The first-order chi connectivity index (χ1) is 22.3. The number of nitriles is 1. The molecule has 9 nitrogen and oxygen atoms in total. The third-order valence-electron chi connectivity index (χ3n) is 9.38. The van der Waals surface area contributed by atoms with Gasteiger partial charge in [0.25, 0.3) is 0 Å². The van der Waals surface area contributed by atoms with E-state index in [2.05, 4.69) is 9.97 Å². The molecule has 47 heavy (non-hydrogen) atoms. The van der Waals surface area contributed by atoms with Gasteiger partial charge in [0, 0.05) is 49.4 Å². The summed E-state index contributed by atoms with van der Waals surface area (Å²) < 4.78 is 96.4. The molecule has 246 valence electrons. The number of amides is 1. The van der Waals surface area contributed by atoms with Crippen molar-refractivity contribution in [2.75, 3.05) is 57.0 Å². The van der Waals surface area contributed by atoms with Crippen LogP contribution in [0.1, 0.15) is 30.4 Å². The smallest absolute Gasteiger partial charge is 0.417 e. The van der Waals surface area contributed by atoms with Crippen LogP contribution in [-0.2, 0) is 11.0 Å². The number of rotatable bonds is 5. The van der Waals surface area contributed by atoms with Gasteiger partial charge in [0.1, 0.15) is 41.0 Å². The molecule has 0 saturated carbocycles. The van der Waals surface area contributed by atoms with Crippen molar-refractivity contribution < 1.29 is 35.9 Å². The van der Waals surface area contributed by atoms with Gasteiger partial charge in [-0.15, -0.1) is 11.3 Å². The maximum atomic E-state index is 16.9. The minimum Gasteiger partial charge on any atom is -0.461 e. The van der Waals surface area contributed by atoms with E-state index in [1.165, 1.54) is 9.80 Å². The molecule has 2 atom stereocenters. The minimum absolute atomic E-state index is 0.0343. The highest BCUT2D eigenvalue weighted by Crippen LogP contribution is 2.48. The van der Waals surface area contributed by atoms with Gasteiger partial charge in [-0.1, -0.05) is 6.07 Å². The number of fused-ring (bicyclic) bond motifs is 3. The molecule has 3 fully saturated rings. The number of alkyl halides is 4. The fourth-order valence-corrected chi connectivity index (χ4v) is 8.03. The van der Waals surface area contributed by atoms with Crippen molar-refractivity contribution in [1.29, 1.82) is 5.26 Å². The number of likely N-dealkylation sites (N-methyl/N-ethyl adjacent to an activating group) is 1. The molecule has 0 bridgehead atoms. The minimum atomic E-state index is -5.12. The zero-order chi connectivity index (χ0) is 33.4. The zero-order valence-corrected chi connectivity index (χ0v) is 25.7. The van der Waals surface area contributed by atoms with Crippen LogP contribution in [0.3, 0.4) is 0 Å². The molecule has 7 rings (SSSR count). The Hall–Kier alpha value is -4.36. The number of nitrogens with zero attached hydrogens (tertiary/aromatic N) is 6. The van der Waals surface area contributed by atoms with E-state index >= 15 is 4.39 Å². The lowest BCUT2D eigenvalue weighted by Crippen LogP contribution is -2.49. The molecule has 3 aliphatic heterocycles. The number of nitrogen functional groups attached to an aromatic ring is 1. The van der Waals surface area contributed by atoms with Crippen LogP contribution >= 0.6 is 11.3 Å². The van der Waals surface area contributed by atoms with Gasteiger partial charge in [0.15, 0.2) is 5.82 Å². The highest BCUT2D eigenvalue weighted by Gasteiger charge is 2.49. The average Bonchev–Trinajstić information content (AvgIpc) is 3.66. The van der Waals surface area contributed by atoms with E-state index in [1.54, 1.807) is 13.1 Å². The molecule has 16 heteroatoms. The lowest BCUT2D eigenvalue weighted by Gasteiger charge is -2.34. The lowest BCUT2D eigenvalue weighted by atomic mass is 9.92. The highest BCUT2D eigenvalue weighted by molar-refractivity contribution is 7.23. The van der Waals surface area contributed by atoms with Crippen molar-refractivity contribution in [3.8, 4) is 23.2 Å². The van der Waals surface area contributed by atoms with Crippen molar-refractivity contribution in [3.63, 3.8) is 0 Å². The quantitative estimate of drug-likeness (QED) is 0.277. The first kappa shape index (κ1) is 31.3. The van der Waals surface area contributed by atoms with Crippen LogP contribution in [0.5, 0.6) is 6.01 Å². The summed E-state index contributed by atoms with van der Waals surface area (Å²) in [6.07, 6.45) is -4.48. The molecule has 3 saturated heterocycles. The number of piperazine rings is 1. The van der Waals surface area contributed by atoms with Crippen molar-refractivity contribution in [2.45, 2.75) is 37.1 Å². The van der Waals surface area contributed by atoms with E-state index in [4.69, 9.17) is 10.5 Å². The fourth-order valence-electron chi connectivity index (χ4n) is 7.08. The molecule has 5 heterocycles. The van der Waals surface area contributed by atoms with Gasteiger partial charge in [-0.3, -0.25) is 9.69 Å². The number of carbonyl (C=O) groups excluding carboxylic acids is 1. The molecule has 0 radical (unpaired) electrons.